The number of anilines is 1. The number of ketones is 2. The van der Waals surface area contributed by atoms with E-state index in [1.54, 1.807) is 24.1 Å². The van der Waals surface area contributed by atoms with Gasteiger partial charge in [0.1, 0.15) is 0 Å². The van der Waals surface area contributed by atoms with Gasteiger partial charge in [-0.2, -0.15) is 0 Å². The summed E-state index contributed by atoms with van der Waals surface area (Å²) in [6.07, 6.45) is 1.57. The zero-order valence-corrected chi connectivity index (χ0v) is 14.0. The molecule has 0 atom stereocenters. The van der Waals surface area contributed by atoms with Gasteiger partial charge in [-0.15, -0.1) is 0 Å². The van der Waals surface area contributed by atoms with Crippen LogP contribution < -0.4 is 5.32 Å². The second kappa shape index (κ2) is 6.77. The van der Waals surface area contributed by atoms with Crippen molar-refractivity contribution in [3.63, 3.8) is 0 Å². The number of allylic oxidation sites excluding steroid dienone is 1. The van der Waals surface area contributed by atoms with Gasteiger partial charge in [0.15, 0.2) is 11.6 Å². The molecule has 1 aromatic carbocycles. The van der Waals surface area contributed by atoms with E-state index in [4.69, 9.17) is 0 Å². The number of amides is 1. The van der Waals surface area contributed by atoms with E-state index in [2.05, 4.69) is 5.32 Å². The number of benzene rings is 1. The summed E-state index contributed by atoms with van der Waals surface area (Å²) in [5.41, 5.74) is 0.804. The van der Waals surface area contributed by atoms with Crippen LogP contribution in [0, 0.1) is 12.3 Å². The quantitative estimate of drug-likeness (QED) is 0.527. The number of carbonyl (C=O) groups excluding carboxylic acids is 3. The average Bonchev–Trinajstić information content (AvgIpc) is 2.45. The third-order valence-electron chi connectivity index (χ3n) is 3.81. The topological polar surface area (TPSA) is 85.5 Å². The fraction of sp³-hybridized carbons (Fsp3) is 0.316. The third-order valence-corrected chi connectivity index (χ3v) is 3.81. The van der Waals surface area contributed by atoms with Gasteiger partial charge in [0.2, 0.25) is 0 Å². The molecular weight excluding hydrogens is 304 g/mol. The van der Waals surface area contributed by atoms with Gasteiger partial charge in [0.05, 0.1) is 11.1 Å². The lowest BCUT2D eigenvalue weighted by Gasteiger charge is -2.28. The van der Waals surface area contributed by atoms with Crippen LogP contribution in [0.15, 0.2) is 41.5 Å². The van der Waals surface area contributed by atoms with Gasteiger partial charge in [-0.3, -0.25) is 20.3 Å². The van der Waals surface area contributed by atoms with Gasteiger partial charge >= 0.3 is 0 Å². The zero-order valence-electron chi connectivity index (χ0n) is 14.0. The number of nitrogens with one attached hydrogen (secondary N) is 1. The first-order valence-electron chi connectivity index (χ1n) is 7.65. The first-order valence-corrected chi connectivity index (χ1v) is 7.65. The molecule has 0 aliphatic heterocycles. The highest BCUT2D eigenvalue weighted by atomic mass is 16.2. The summed E-state index contributed by atoms with van der Waals surface area (Å²) in [4.78, 5) is 36.5. The van der Waals surface area contributed by atoms with Crippen molar-refractivity contribution >= 4 is 29.0 Å². The molecule has 0 heterocycles. The molecule has 0 radical (unpaired) electrons. The highest BCUT2D eigenvalue weighted by Gasteiger charge is 2.35. The number of hydrogen-bond acceptors (Lipinski definition) is 3. The first kappa shape index (κ1) is 17.6. The molecule has 1 amide bonds. The van der Waals surface area contributed by atoms with Gasteiger partial charge in [0.25, 0.3) is 5.91 Å². The first-order chi connectivity index (χ1) is 11.2. The Morgan fingerprint density at radius 2 is 1.88 bits per heavy atom. The lowest BCUT2D eigenvalue weighted by Crippen LogP contribution is -2.31. The van der Waals surface area contributed by atoms with Crippen molar-refractivity contribution in [2.24, 2.45) is 5.41 Å². The summed E-state index contributed by atoms with van der Waals surface area (Å²) in [6, 6.07) is 7.13. The molecule has 1 aliphatic carbocycles. The summed E-state index contributed by atoms with van der Waals surface area (Å²) in [6.45, 7) is 5.57. The molecule has 24 heavy (non-hydrogen) atoms. The van der Waals surface area contributed by atoms with Crippen LogP contribution in [0.2, 0.25) is 0 Å². The smallest absolute Gasteiger partial charge is 0.261 e. The van der Waals surface area contributed by atoms with E-state index in [1.165, 1.54) is 0 Å². The van der Waals surface area contributed by atoms with Gasteiger partial charge in [-0.05, 0) is 36.1 Å². The van der Waals surface area contributed by atoms with E-state index >= 15 is 0 Å². The predicted molar refractivity (Wildman–Crippen MR) is 92.8 cm³/mol. The predicted octanol–water partition coefficient (Wildman–Crippen LogP) is 2.98. The van der Waals surface area contributed by atoms with Crippen LogP contribution in [0.4, 0.5) is 5.69 Å². The molecule has 1 N–H and O–H groups in total. The molecule has 5 heteroatoms. The van der Waals surface area contributed by atoms with E-state index in [1.807, 2.05) is 26.8 Å². The minimum atomic E-state index is -0.638. The monoisotopic (exact) mass is 323 g/mol. The molecular formula is C19H19N2O3-. The molecule has 0 saturated heterocycles. The molecule has 1 aromatic rings. The molecule has 5 nitrogen and oxygen atoms in total. The standard InChI is InChI=1S/C19H19N2O3/c1-12-5-4-6-14(7-12)21-18(24)13(11-20)8-15-16(22)9-19(2,3)10-17(15)23/h4-8H,9-10H2,1-3H3,(H,21,24)/q-1. The summed E-state index contributed by atoms with van der Waals surface area (Å²) in [5, 5.41) is 11.8. The minimum absolute atomic E-state index is 0.0646. The molecule has 1 saturated carbocycles. The van der Waals surface area contributed by atoms with Crippen LogP contribution >= 0.6 is 0 Å². The summed E-state index contributed by atoms with van der Waals surface area (Å²) in [7, 11) is 0. The molecule has 0 bridgehead atoms. The number of carbonyl (C=O) groups is 3. The van der Waals surface area contributed by atoms with Crippen LogP contribution in [0.1, 0.15) is 32.3 Å². The Morgan fingerprint density at radius 1 is 1.25 bits per heavy atom. The van der Waals surface area contributed by atoms with Crippen LogP contribution in [0.3, 0.4) is 0 Å². The van der Waals surface area contributed by atoms with E-state index in [0.29, 0.717) is 5.69 Å². The van der Waals surface area contributed by atoms with Crippen LogP contribution in [0.25, 0.3) is 5.41 Å². The molecule has 124 valence electrons. The molecule has 0 spiro atoms. The van der Waals surface area contributed by atoms with E-state index in [-0.39, 0.29) is 41.0 Å². The van der Waals surface area contributed by atoms with E-state index < -0.39 is 5.91 Å². The molecule has 1 aliphatic rings. The van der Waals surface area contributed by atoms with Gasteiger partial charge in [0, 0.05) is 18.5 Å². The maximum Gasteiger partial charge on any atom is 0.261 e. The number of Topliss-reactive ketones (excluding diaryl/α,β-unsaturated/α-hetero) is 2. The van der Waals surface area contributed by atoms with Crippen LogP contribution in [-0.4, -0.2) is 23.3 Å². The Labute approximate surface area is 141 Å². The van der Waals surface area contributed by atoms with Crippen molar-refractivity contribution in [3.8, 4) is 0 Å². The van der Waals surface area contributed by atoms with Crippen molar-refractivity contribution < 1.29 is 14.4 Å². The Kier molecular flexibility index (Phi) is 4.96. The van der Waals surface area contributed by atoms with Gasteiger partial charge in [-0.1, -0.05) is 26.0 Å². The molecule has 0 aromatic heterocycles. The van der Waals surface area contributed by atoms with Gasteiger partial charge in [-0.25, -0.2) is 0 Å². The second-order valence-electron chi connectivity index (χ2n) is 6.77. The SMILES string of the molecule is Cc1cccc(NC(=O)C(=C=[N-])C=C2C(=O)CC(C)(C)CC2=O)c1. The van der Waals surface area contributed by atoms with E-state index in [0.717, 1.165) is 11.6 Å². The summed E-state index contributed by atoms with van der Waals surface area (Å²) >= 11 is 0. The van der Waals surface area contributed by atoms with Crippen LogP contribution in [-0.2, 0) is 14.4 Å². The number of hydrogen-bond donors (Lipinski definition) is 1. The number of aryl methyl sites for hydroxylation is 1. The van der Waals surface area contributed by atoms with Gasteiger partial charge < -0.3 is 10.7 Å². The normalized spacial score (nSPS) is 16.4. The van der Waals surface area contributed by atoms with E-state index in [9.17, 15) is 19.8 Å². The largest absolute Gasteiger partial charge is 0.763 e. The summed E-state index contributed by atoms with van der Waals surface area (Å²) in [5.74, 6) is 0.479. The Hall–Kier alpha value is -2.78. The van der Waals surface area contributed by atoms with Crippen molar-refractivity contribution in [3.05, 3.63) is 52.5 Å². The van der Waals surface area contributed by atoms with Crippen molar-refractivity contribution in [1.82, 2.24) is 0 Å². The fourth-order valence-electron chi connectivity index (χ4n) is 2.65. The average molecular weight is 323 g/mol. The second-order valence-corrected chi connectivity index (χ2v) is 6.77. The van der Waals surface area contributed by atoms with Crippen molar-refractivity contribution in [2.45, 2.75) is 33.6 Å². The highest BCUT2D eigenvalue weighted by molar-refractivity contribution is 6.24. The maximum atomic E-state index is 12.2. The molecule has 2 rings (SSSR count). The maximum absolute atomic E-state index is 12.2. The minimum Gasteiger partial charge on any atom is -0.763 e. The Morgan fingerprint density at radius 3 is 2.42 bits per heavy atom. The van der Waals surface area contributed by atoms with Crippen molar-refractivity contribution in [1.29, 1.82) is 0 Å². The lowest BCUT2D eigenvalue weighted by atomic mass is 9.74. The highest BCUT2D eigenvalue weighted by Crippen LogP contribution is 2.33. The number of nitrogens with zero attached hydrogens (tertiary/aromatic N) is 1. The molecule has 0 unspecified atom stereocenters. The lowest BCUT2D eigenvalue weighted by molar-refractivity contribution is -0.127. The Balaban J connectivity index is 2.23. The van der Waals surface area contributed by atoms with Crippen molar-refractivity contribution in [2.75, 3.05) is 5.32 Å². The Bertz CT molecular complexity index is 775. The zero-order chi connectivity index (χ0) is 17.9. The number of rotatable bonds is 3. The molecule has 1 fully saturated rings. The third kappa shape index (κ3) is 4.15. The fourth-order valence-corrected chi connectivity index (χ4v) is 2.65. The summed E-state index contributed by atoms with van der Waals surface area (Å²) < 4.78 is 0. The van der Waals surface area contributed by atoms with Crippen LogP contribution in [0.5, 0.6) is 0 Å².